The quantitative estimate of drug-likeness (QED) is 0.669. The minimum absolute atomic E-state index is 0.0425. The SMILES string of the molecule is CC(NC(=O)CN(c1ccc(Cl)c(Cl)c1)S(C)(=O)=O)c1ccc(C(C)(C)C)cc1. The molecule has 0 saturated carbocycles. The van der Waals surface area contributed by atoms with E-state index in [1.54, 1.807) is 0 Å². The molecule has 0 bridgehead atoms. The van der Waals surface area contributed by atoms with Crippen molar-refractivity contribution in [3.8, 4) is 0 Å². The average molecular weight is 457 g/mol. The Morgan fingerprint density at radius 1 is 1.07 bits per heavy atom. The highest BCUT2D eigenvalue weighted by Crippen LogP contribution is 2.28. The van der Waals surface area contributed by atoms with Crippen LogP contribution in [-0.4, -0.2) is 27.1 Å². The Hall–Kier alpha value is -1.76. The Kier molecular flexibility index (Phi) is 7.25. The fourth-order valence-corrected chi connectivity index (χ4v) is 3.95. The first-order valence-electron chi connectivity index (χ1n) is 9.11. The molecule has 0 heterocycles. The molecule has 0 fully saturated rings. The normalized spacial score (nSPS) is 13.1. The van der Waals surface area contributed by atoms with E-state index in [-0.39, 0.29) is 28.7 Å². The molecule has 0 radical (unpaired) electrons. The zero-order valence-corrected chi connectivity index (χ0v) is 19.5. The fourth-order valence-electron chi connectivity index (χ4n) is 2.81. The zero-order chi connectivity index (χ0) is 22.0. The van der Waals surface area contributed by atoms with E-state index >= 15 is 0 Å². The van der Waals surface area contributed by atoms with Crippen molar-refractivity contribution in [3.63, 3.8) is 0 Å². The van der Waals surface area contributed by atoms with Gasteiger partial charge >= 0.3 is 0 Å². The summed E-state index contributed by atoms with van der Waals surface area (Å²) in [6, 6.07) is 12.2. The average Bonchev–Trinajstić information content (AvgIpc) is 2.60. The topological polar surface area (TPSA) is 66.5 Å². The van der Waals surface area contributed by atoms with Gasteiger partial charge in [-0.3, -0.25) is 9.10 Å². The van der Waals surface area contributed by atoms with Crippen LogP contribution in [0.25, 0.3) is 0 Å². The molecule has 5 nitrogen and oxygen atoms in total. The van der Waals surface area contributed by atoms with E-state index in [2.05, 4.69) is 26.1 Å². The van der Waals surface area contributed by atoms with Gasteiger partial charge in [-0.1, -0.05) is 68.2 Å². The molecule has 1 N–H and O–H groups in total. The Bertz CT molecular complexity index is 984. The summed E-state index contributed by atoms with van der Waals surface area (Å²) in [6.07, 6.45) is 1.04. The molecule has 1 amide bonds. The molecule has 2 rings (SSSR count). The summed E-state index contributed by atoms with van der Waals surface area (Å²) < 4.78 is 25.4. The summed E-state index contributed by atoms with van der Waals surface area (Å²) in [5.41, 5.74) is 2.45. The van der Waals surface area contributed by atoms with Crippen molar-refractivity contribution in [1.29, 1.82) is 0 Å². The Morgan fingerprint density at radius 2 is 1.66 bits per heavy atom. The molecular weight excluding hydrogens is 431 g/mol. The van der Waals surface area contributed by atoms with E-state index in [4.69, 9.17) is 23.2 Å². The smallest absolute Gasteiger partial charge is 0.241 e. The number of carbonyl (C=O) groups is 1. The Balaban J connectivity index is 2.14. The first-order valence-corrected chi connectivity index (χ1v) is 11.7. The van der Waals surface area contributed by atoms with E-state index in [0.29, 0.717) is 5.02 Å². The molecule has 1 atom stereocenters. The minimum Gasteiger partial charge on any atom is -0.348 e. The van der Waals surface area contributed by atoms with Crippen molar-refractivity contribution in [2.75, 3.05) is 17.1 Å². The van der Waals surface area contributed by atoms with Crippen LogP contribution < -0.4 is 9.62 Å². The lowest BCUT2D eigenvalue weighted by Crippen LogP contribution is -2.41. The Labute approximate surface area is 183 Å². The molecule has 0 aliphatic heterocycles. The number of hydrogen-bond acceptors (Lipinski definition) is 3. The van der Waals surface area contributed by atoms with Gasteiger partial charge in [-0.05, 0) is 41.7 Å². The van der Waals surface area contributed by atoms with Crippen molar-refractivity contribution < 1.29 is 13.2 Å². The summed E-state index contributed by atoms with van der Waals surface area (Å²) in [4.78, 5) is 12.6. The number of amides is 1. The summed E-state index contributed by atoms with van der Waals surface area (Å²) in [5, 5.41) is 3.37. The molecule has 1 unspecified atom stereocenters. The van der Waals surface area contributed by atoms with Gasteiger partial charge in [-0.25, -0.2) is 8.42 Å². The summed E-state index contributed by atoms with van der Waals surface area (Å²) >= 11 is 11.9. The van der Waals surface area contributed by atoms with Gasteiger partial charge in [0.2, 0.25) is 15.9 Å². The van der Waals surface area contributed by atoms with Crippen LogP contribution in [0.5, 0.6) is 0 Å². The van der Waals surface area contributed by atoms with Crippen molar-refractivity contribution in [2.24, 2.45) is 0 Å². The second-order valence-electron chi connectivity index (χ2n) is 8.03. The lowest BCUT2D eigenvalue weighted by molar-refractivity contribution is -0.120. The van der Waals surface area contributed by atoms with Gasteiger partial charge in [0.05, 0.1) is 28.0 Å². The number of sulfonamides is 1. The Morgan fingerprint density at radius 3 is 2.14 bits per heavy atom. The van der Waals surface area contributed by atoms with Crippen molar-refractivity contribution >= 4 is 44.8 Å². The lowest BCUT2D eigenvalue weighted by atomic mass is 9.86. The number of benzene rings is 2. The van der Waals surface area contributed by atoms with Crippen LogP contribution >= 0.6 is 23.2 Å². The van der Waals surface area contributed by atoms with Crippen LogP contribution in [0.15, 0.2) is 42.5 Å². The molecule has 8 heteroatoms. The number of nitrogens with one attached hydrogen (secondary N) is 1. The van der Waals surface area contributed by atoms with E-state index in [0.717, 1.165) is 16.1 Å². The predicted molar refractivity (Wildman–Crippen MR) is 120 cm³/mol. The number of rotatable bonds is 6. The largest absolute Gasteiger partial charge is 0.348 e. The molecule has 2 aromatic rings. The molecule has 0 aromatic heterocycles. The van der Waals surface area contributed by atoms with E-state index in [1.807, 2.05) is 31.2 Å². The van der Waals surface area contributed by atoms with Crippen LogP contribution in [0.2, 0.25) is 10.0 Å². The predicted octanol–water partition coefficient (Wildman–Crippen LogP) is 4.93. The molecule has 158 valence electrons. The van der Waals surface area contributed by atoms with E-state index in [9.17, 15) is 13.2 Å². The van der Waals surface area contributed by atoms with Gasteiger partial charge in [0.15, 0.2) is 0 Å². The summed E-state index contributed by atoms with van der Waals surface area (Å²) in [7, 11) is -3.69. The second-order valence-corrected chi connectivity index (χ2v) is 10.8. The van der Waals surface area contributed by atoms with Crippen LogP contribution in [0.3, 0.4) is 0 Å². The lowest BCUT2D eigenvalue weighted by Gasteiger charge is -2.24. The van der Waals surface area contributed by atoms with Gasteiger partial charge in [0.1, 0.15) is 6.54 Å². The van der Waals surface area contributed by atoms with Gasteiger partial charge < -0.3 is 5.32 Å². The van der Waals surface area contributed by atoms with Crippen LogP contribution in [0, 0.1) is 0 Å². The van der Waals surface area contributed by atoms with Crippen LogP contribution in [-0.2, 0) is 20.2 Å². The number of nitrogens with zero attached hydrogens (tertiary/aromatic N) is 1. The monoisotopic (exact) mass is 456 g/mol. The molecule has 0 spiro atoms. The highest BCUT2D eigenvalue weighted by Gasteiger charge is 2.23. The fraction of sp³-hybridized carbons (Fsp3) is 0.381. The number of hydrogen-bond donors (Lipinski definition) is 1. The van der Waals surface area contributed by atoms with Gasteiger partial charge in [-0.15, -0.1) is 0 Å². The molecule has 29 heavy (non-hydrogen) atoms. The maximum atomic E-state index is 12.6. The van der Waals surface area contributed by atoms with Crippen molar-refractivity contribution in [1.82, 2.24) is 5.32 Å². The van der Waals surface area contributed by atoms with E-state index in [1.165, 1.54) is 23.8 Å². The maximum Gasteiger partial charge on any atom is 0.241 e. The molecule has 0 aliphatic rings. The molecule has 2 aromatic carbocycles. The highest BCUT2D eigenvalue weighted by molar-refractivity contribution is 7.92. The molecular formula is C21H26Cl2N2O3S. The minimum atomic E-state index is -3.69. The number of halogens is 2. The van der Waals surface area contributed by atoms with Gasteiger partial charge in [0.25, 0.3) is 0 Å². The molecule has 0 saturated heterocycles. The standard InChI is InChI=1S/C21H26Cl2N2O3S/c1-14(15-6-8-16(9-7-15)21(2,3)4)24-20(26)13-25(29(5,27)28)17-10-11-18(22)19(23)12-17/h6-12,14H,13H2,1-5H3,(H,24,26). The summed E-state index contributed by atoms with van der Waals surface area (Å²) in [5.74, 6) is -0.422. The molecule has 0 aliphatic carbocycles. The number of carbonyl (C=O) groups excluding carboxylic acids is 1. The third kappa shape index (κ3) is 6.36. The van der Waals surface area contributed by atoms with E-state index < -0.39 is 15.9 Å². The van der Waals surface area contributed by atoms with Crippen molar-refractivity contribution in [3.05, 3.63) is 63.6 Å². The summed E-state index contributed by atoms with van der Waals surface area (Å²) in [6.45, 7) is 7.90. The first kappa shape index (κ1) is 23.5. The van der Waals surface area contributed by atoms with Gasteiger partial charge in [0, 0.05) is 0 Å². The van der Waals surface area contributed by atoms with Crippen molar-refractivity contribution in [2.45, 2.75) is 39.2 Å². The third-order valence-corrected chi connectivity index (χ3v) is 6.41. The number of anilines is 1. The van der Waals surface area contributed by atoms with Crippen LogP contribution in [0.4, 0.5) is 5.69 Å². The van der Waals surface area contributed by atoms with Gasteiger partial charge in [-0.2, -0.15) is 0 Å². The first-order chi connectivity index (χ1) is 13.3. The highest BCUT2D eigenvalue weighted by atomic mass is 35.5. The zero-order valence-electron chi connectivity index (χ0n) is 17.2. The maximum absolute atomic E-state index is 12.6. The second kappa shape index (κ2) is 8.94. The van der Waals surface area contributed by atoms with Crippen LogP contribution in [0.1, 0.15) is 44.9 Å². The third-order valence-electron chi connectivity index (χ3n) is 4.53.